The van der Waals surface area contributed by atoms with E-state index in [1.807, 2.05) is 12.3 Å². The number of amides is 1. The number of fused-ring (bicyclic) bond motifs is 2. The fourth-order valence-electron chi connectivity index (χ4n) is 3.29. The largest absolute Gasteiger partial charge is 0.367 e. The average Bonchev–Trinajstić information content (AvgIpc) is 2.95. The molecule has 3 heterocycles. The van der Waals surface area contributed by atoms with E-state index < -0.39 is 0 Å². The summed E-state index contributed by atoms with van der Waals surface area (Å²) in [4.78, 5) is 20.1. The lowest BCUT2D eigenvalue weighted by molar-refractivity contribution is 0.0350. The molecule has 2 fully saturated rings. The molecule has 3 rings (SSSR count). The molecule has 0 radical (unpaired) electrons. The second-order valence-corrected chi connectivity index (χ2v) is 5.74. The number of carbonyl (C=O) groups excluding carboxylic acids is 1. The molecular weight excluding hydrogens is 226 g/mol. The molecule has 0 aliphatic carbocycles. The zero-order valence-corrected chi connectivity index (χ0v) is 11.1. The molecule has 2 saturated heterocycles. The molecule has 0 aromatic carbocycles. The smallest absolute Gasteiger partial charge is 0.255 e. The SMILES string of the molecule is CC(C)N1CC2CCC(C1)N2C(=O)c1cc[nH]c1. The van der Waals surface area contributed by atoms with Gasteiger partial charge >= 0.3 is 0 Å². The van der Waals surface area contributed by atoms with Crippen molar-refractivity contribution < 1.29 is 4.79 Å². The van der Waals surface area contributed by atoms with Gasteiger partial charge in [0.1, 0.15) is 0 Å². The van der Waals surface area contributed by atoms with Crippen molar-refractivity contribution in [2.45, 2.75) is 44.8 Å². The Balaban J connectivity index is 1.78. The molecule has 4 nitrogen and oxygen atoms in total. The summed E-state index contributed by atoms with van der Waals surface area (Å²) < 4.78 is 0. The molecule has 98 valence electrons. The molecular formula is C14H21N3O. The maximum Gasteiger partial charge on any atom is 0.255 e. The normalized spacial score (nSPS) is 28.1. The van der Waals surface area contributed by atoms with E-state index >= 15 is 0 Å². The number of likely N-dealkylation sites (tertiary alicyclic amines) is 1. The fourth-order valence-corrected chi connectivity index (χ4v) is 3.29. The highest BCUT2D eigenvalue weighted by Gasteiger charge is 2.43. The van der Waals surface area contributed by atoms with E-state index in [1.165, 1.54) is 0 Å². The summed E-state index contributed by atoms with van der Waals surface area (Å²) in [6.07, 6.45) is 5.93. The number of piperazine rings is 1. The predicted molar refractivity (Wildman–Crippen MR) is 70.5 cm³/mol. The number of nitrogens with one attached hydrogen (secondary N) is 1. The molecule has 18 heavy (non-hydrogen) atoms. The molecule has 1 aromatic heterocycles. The van der Waals surface area contributed by atoms with Crippen LogP contribution in [-0.2, 0) is 0 Å². The van der Waals surface area contributed by atoms with Crippen molar-refractivity contribution in [1.82, 2.24) is 14.8 Å². The summed E-state index contributed by atoms with van der Waals surface area (Å²) in [5.41, 5.74) is 0.796. The van der Waals surface area contributed by atoms with Crippen LogP contribution in [0.25, 0.3) is 0 Å². The summed E-state index contributed by atoms with van der Waals surface area (Å²) in [6, 6.07) is 3.27. The quantitative estimate of drug-likeness (QED) is 0.864. The molecule has 0 spiro atoms. The summed E-state index contributed by atoms with van der Waals surface area (Å²) in [5.74, 6) is 0.201. The minimum Gasteiger partial charge on any atom is -0.367 e. The Morgan fingerprint density at radius 1 is 1.33 bits per heavy atom. The molecule has 2 unspecified atom stereocenters. The number of H-pyrrole nitrogens is 1. The van der Waals surface area contributed by atoms with Crippen molar-refractivity contribution >= 4 is 5.91 Å². The first kappa shape index (κ1) is 11.8. The van der Waals surface area contributed by atoms with Gasteiger partial charge in [0.05, 0.1) is 5.56 Å². The molecule has 4 heteroatoms. The monoisotopic (exact) mass is 247 g/mol. The van der Waals surface area contributed by atoms with Crippen LogP contribution in [0.1, 0.15) is 37.0 Å². The molecule has 2 aliphatic rings. The Kier molecular flexibility index (Phi) is 2.90. The van der Waals surface area contributed by atoms with E-state index in [9.17, 15) is 4.79 Å². The molecule has 2 bridgehead atoms. The highest BCUT2D eigenvalue weighted by atomic mass is 16.2. The molecule has 0 saturated carbocycles. The first-order chi connectivity index (χ1) is 8.66. The van der Waals surface area contributed by atoms with Gasteiger partial charge in [-0.15, -0.1) is 0 Å². The van der Waals surface area contributed by atoms with Crippen LogP contribution in [-0.4, -0.2) is 51.9 Å². The van der Waals surface area contributed by atoms with E-state index in [0.29, 0.717) is 18.1 Å². The first-order valence-electron chi connectivity index (χ1n) is 6.86. The highest BCUT2D eigenvalue weighted by molar-refractivity contribution is 5.94. The van der Waals surface area contributed by atoms with Gasteiger partial charge in [-0.05, 0) is 32.8 Å². The van der Waals surface area contributed by atoms with Crippen LogP contribution in [0.15, 0.2) is 18.5 Å². The molecule has 1 N–H and O–H groups in total. The van der Waals surface area contributed by atoms with Gasteiger partial charge in [-0.1, -0.05) is 0 Å². The lowest BCUT2D eigenvalue weighted by Gasteiger charge is -2.42. The number of nitrogens with zero attached hydrogens (tertiary/aromatic N) is 2. The van der Waals surface area contributed by atoms with Crippen LogP contribution in [0, 0.1) is 0 Å². The van der Waals surface area contributed by atoms with Crippen molar-refractivity contribution in [3.05, 3.63) is 24.0 Å². The molecule has 1 aromatic rings. The van der Waals surface area contributed by atoms with Gasteiger partial charge in [-0.3, -0.25) is 9.69 Å². The number of hydrogen-bond donors (Lipinski definition) is 1. The second kappa shape index (κ2) is 4.43. The zero-order valence-electron chi connectivity index (χ0n) is 11.1. The van der Waals surface area contributed by atoms with Gasteiger partial charge in [0.25, 0.3) is 5.91 Å². The van der Waals surface area contributed by atoms with Crippen molar-refractivity contribution in [1.29, 1.82) is 0 Å². The van der Waals surface area contributed by atoms with Gasteiger partial charge in [0.15, 0.2) is 0 Å². The van der Waals surface area contributed by atoms with Crippen LogP contribution >= 0.6 is 0 Å². The Morgan fingerprint density at radius 3 is 2.50 bits per heavy atom. The topological polar surface area (TPSA) is 39.3 Å². The van der Waals surface area contributed by atoms with Gasteiger partial charge < -0.3 is 9.88 Å². The Bertz CT molecular complexity index is 412. The molecule has 2 aliphatic heterocycles. The molecule has 1 amide bonds. The van der Waals surface area contributed by atoms with Gasteiger partial charge in [-0.25, -0.2) is 0 Å². The highest BCUT2D eigenvalue weighted by Crippen LogP contribution is 2.32. The van der Waals surface area contributed by atoms with Crippen LogP contribution in [0.5, 0.6) is 0 Å². The Labute approximate surface area is 108 Å². The van der Waals surface area contributed by atoms with Gasteiger partial charge in [0, 0.05) is 43.6 Å². The summed E-state index contributed by atoms with van der Waals surface area (Å²) >= 11 is 0. The first-order valence-corrected chi connectivity index (χ1v) is 6.86. The maximum absolute atomic E-state index is 12.5. The number of carbonyl (C=O) groups is 1. The van der Waals surface area contributed by atoms with E-state index in [0.717, 1.165) is 31.5 Å². The zero-order chi connectivity index (χ0) is 12.7. The predicted octanol–water partition coefficient (Wildman–Crippen LogP) is 1.71. The lowest BCUT2D eigenvalue weighted by Crippen LogP contribution is -2.57. The van der Waals surface area contributed by atoms with Gasteiger partial charge in [0.2, 0.25) is 0 Å². The van der Waals surface area contributed by atoms with Crippen molar-refractivity contribution in [2.24, 2.45) is 0 Å². The minimum atomic E-state index is 0.201. The third kappa shape index (κ3) is 1.85. The fraction of sp³-hybridized carbons (Fsp3) is 0.643. The van der Waals surface area contributed by atoms with Crippen molar-refractivity contribution in [3.8, 4) is 0 Å². The number of aromatic amines is 1. The molecule has 2 atom stereocenters. The number of hydrogen-bond acceptors (Lipinski definition) is 2. The average molecular weight is 247 g/mol. The third-order valence-corrected chi connectivity index (χ3v) is 4.32. The van der Waals surface area contributed by atoms with Crippen LogP contribution < -0.4 is 0 Å². The third-order valence-electron chi connectivity index (χ3n) is 4.32. The van der Waals surface area contributed by atoms with Crippen LogP contribution in [0.3, 0.4) is 0 Å². The second-order valence-electron chi connectivity index (χ2n) is 5.74. The van der Waals surface area contributed by atoms with E-state index in [-0.39, 0.29) is 5.91 Å². The van der Waals surface area contributed by atoms with E-state index in [1.54, 1.807) is 6.20 Å². The van der Waals surface area contributed by atoms with E-state index in [4.69, 9.17) is 0 Å². The van der Waals surface area contributed by atoms with Crippen molar-refractivity contribution in [2.75, 3.05) is 13.1 Å². The summed E-state index contributed by atoms with van der Waals surface area (Å²) in [6.45, 7) is 6.54. The number of aromatic nitrogens is 1. The van der Waals surface area contributed by atoms with Gasteiger partial charge in [-0.2, -0.15) is 0 Å². The van der Waals surface area contributed by atoms with Crippen LogP contribution in [0.4, 0.5) is 0 Å². The maximum atomic E-state index is 12.5. The minimum absolute atomic E-state index is 0.201. The summed E-state index contributed by atoms with van der Waals surface area (Å²) in [7, 11) is 0. The standard InChI is InChI=1S/C14H21N3O/c1-10(2)16-8-12-3-4-13(9-16)17(12)14(18)11-5-6-15-7-11/h5-7,10,12-13,15H,3-4,8-9H2,1-2H3. The van der Waals surface area contributed by atoms with Crippen LogP contribution in [0.2, 0.25) is 0 Å². The Morgan fingerprint density at radius 2 is 2.00 bits per heavy atom. The summed E-state index contributed by atoms with van der Waals surface area (Å²) in [5, 5.41) is 0. The van der Waals surface area contributed by atoms with E-state index in [2.05, 4.69) is 28.6 Å². The lowest BCUT2D eigenvalue weighted by atomic mass is 10.1. The number of rotatable bonds is 2. The van der Waals surface area contributed by atoms with Crippen molar-refractivity contribution in [3.63, 3.8) is 0 Å². The Hall–Kier alpha value is -1.29.